The van der Waals surface area contributed by atoms with Crippen molar-refractivity contribution < 1.29 is 13.2 Å². The number of para-hydroxylation sites is 1. The Kier molecular flexibility index (Phi) is 7.64. The van der Waals surface area contributed by atoms with E-state index in [1.165, 1.54) is 7.05 Å². The van der Waals surface area contributed by atoms with Gasteiger partial charge in [-0.15, -0.1) is 0 Å². The van der Waals surface area contributed by atoms with E-state index in [9.17, 15) is 8.42 Å². The molecule has 0 bridgehead atoms. The van der Waals surface area contributed by atoms with E-state index in [1.54, 1.807) is 25.2 Å². The van der Waals surface area contributed by atoms with Crippen LogP contribution in [-0.2, 0) is 23.1 Å². The molecule has 2 aromatic rings. The van der Waals surface area contributed by atoms with Crippen LogP contribution >= 0.6 is 0 Å². The minimum Gasteiger partial charge on any atom is -0.488 e. The van der Waals surface area contributed by atoms with Crippen molar-refractivity contribution in [3.05, 3.63) is 59.7 Å². The number of hydrogen-bond donors (Lipinski definition) is 3. The first-order valence-electron chi connectivity index (χ1n) is 9.38. The first-order valence-corrected chi connectivity index (χ1v) is 10.9. The van der Waals surface area contributed by atoms with Gasteiger partial charge in [0.05, 0.1) is 4.90 Å². The van der Waals surface area contributed by atoms with Crippen LogP contribution in [0.2, 0.25) is 0 Å². The number of guanidine groups is 1. The molecule has 8 heteroatoms. The molecule has 2 rings (SSSR count). The Balaban J connectivity index is 2.01. The number of nitrogens with one attached hydrogen (secondary N) is 3. The molecule has 0 spiro atoms. The first kappa shape index (κ1) is 22.7. The van der Waals surface area contributed by atoms with Crippen molar-refractivity contribution in [3.63, 3.8) is 0 Å². The molecule has 0 saturated carbocycles. The first-order chi connectivity index (χ1) is 13.6. The second-order valence-corrected chi connectivity index (χ2v) is 9.34. The summed E-state index contributed by atoms with van der Waals surface area (Å²) < 4.78 is 32.3. The molecule has 0 aliphatic heterocycles. The van der Waals surface area contributed by atoms with Gasteiger partial charge in [0.15, 0.2) is 5.96 Å². The van der Waals surface area contributed by atoms with Crippen molar-refractivity contribution in [3.8, 4) is 5.75 Å². The van der Waals surface area contributed by atoms with E-state index in [2.05, 4.69) is 20.3 Å². The Bertz CT molecular complexity index is 950. The molecule has 0 heterocycles. The van der Waals surface area contributed by atoms with Crippen LogP contribution in [0.3, 0.4) is 0 Å². The van der Waals surface area contributed by atoms with E-state index in [0.29, 0.717) is 19.0 Å². The number of ether oxygens (including phenoxy) is 1. The van der Waals surface area contributed by atoms with Crippen molar-refractivity contribution in [2.24, 2.45) is 4.99 Å². The van der Waals surface area contributed by atoms with E-state index in [4.69, 9.17) is 4.74 Å². The third-order valence-electron chi connectivity index (χ3n) is 4.00. The number of aliphatic imine (C=N–C) groups is 1. The molecule has 7 nitrogen and oxygen atoms in total. The molecule has 0 atom stereocenters. The lowest BCUT2D eigenvalue weighted by atomic mass is 10.1. The van der Waals surface area contributed by atoms with Crippen molar-refractivity contribution in [1.82, 2.24) is 15.4 Å². The van der Waals surface area contributed by atoms with Crippen LogP contribution in [0.5, 0.6) is 5.75 Å². The van der Waals surface area contributed by atoms with Crippen LogP contribution in [0, 0.1) is 0 Å². The van der Waals surface area contributed by atoms with E-state index in [0.717, 1.165) is 16.9 Å². The highest BCUT2D eigenvalue weighted by atomic mass is 32.2. The second-order valence-electron chi connectivity index (χ2n) is 7.46. The summed E-state index contributed by atoms with van der Waals surface area (Å²) in [5.41, 5.74) is 1.57. The largest absolute Gasteiger partial charge is 0.488 e. The Morgan fingerprint density at radius 1 is 1.03 bits per heavy atom. The summed E-state index contributed by atoms with van der Waals surface area (Å²) in [4.78, 5) is 4.46. The van der Waals surface area contributed by atoms with Crippen LogP contribution in [0.15, 0.2) is 58.4 Å². The smallest absolute Gasteiger partial charge is 0.240 e. The maximum atomic E-state index is 12.0. The average molecular weight is 419 g/mol. The monoisotopic (exact) mass is 418 g/mol. The number of nitrogens with zero attached hydrogens (tertiary/aromatic N) is 1. The van der Waals surface area contributed by atoms with E-state index < -0.39 is 10.0 Å². The molecule has 0 aliphatic rings. The highest BCUT2D eigenvalue weighted by Crippen LogP contribution is 2.22. The van der Waals surface area contributed by atoms with Gasteiger partial charge >= 0.3 is 0 Å². The topological polar surface area (TPSA) is 91.8 Å². The van der Waals surface area contributed by atoms with Crippen LogP contribution in [0.4, 0.5) is 0 Å². The van der Waals surface area contributed by atoms with Gasteiger partial charge in [-0.05, 0) is 51.6 Å². The maximum absolute atomic E-state index is 12.0. The van der Waals surface area contributed by atoms with Gasteiger partial charge in [-0.3, -0.25) is 4.99 Å². The maximum Gasteiger partial charge on any atom is 0.240 e. The van der Waals surface area contributed by atoms with Gasteiger partial charge in [-0.25, -0.2) is 13.1 Å². The summed E-state index contributed by atoms with van der Waals surface area (Å²) in [5, 5.41) is 6.47. The van der Waals surface area contributed by atoms with Crippen LogP contribution in [-0.4, -0.2) is 34.1 Å². The molecule has 0 saturated heterocycles. The lowest BCUT2D eigenvalue weighted by Gasteiger charge is -2.23. The minimum atomic E-state index is -3.47. The van der Waals surface area contributed by atoms with E-state index in [1.807, 2.05) is 51.1 Å². The zero-order valence-corrected chi connectivity index (χ0v) is 18.4. The molecule has 3 N–H and O–H groups in total. The molecule has 0 fully saturated rings. The number of sulfonamides is 1. The SMILES string of the molecule is CN=C(NCc1cccc(S(=O)(=O)NC)c1)NCc1ccccc1OC(C)(C)C. The van der Waals surface area contributed by atoms with Gasteiger partial charge in [-0.1, -0.05) is 30.3 Å². The van der Waals surface area contributed by atoms with E-state index >= 15 is 0 Å². The standard InChI is InChI=1S/C21H30N4O3S/c1-21(2,3)28-19-12-7-6-10-17(19)15-25-20(22-4)24-14-16-9-8-11-18(13-16)29(26,27)23-5/h6-13,23H,14-15H2,1-5H3,(H2,22,24,25). The predicted molar refractivity (Wildman–Crippen MR) is 117 cm³/mol. The summed E-state index contributed by atoms with van der Waals surface area (Å²) in [6.45, 7) is 7.02. The molecule has 0 amide bonds. The fraction of sp³-hybridized carbons (Fsp3) is 0.381. The Hall–Kier alpha value is -2.58. The molecule has 0 aliphatic carbocycles. The van der Waals surface area contributed by atoms with Crippen molar-refractivity contribution in [2.45, 2.75) is 44.4 Å². The molecule has 29 heavy (non-hydrogen) atoms. The normalized spacial score (nSPS) is 12.5. The number of hydrogen-bond acceptors (Lipinski definition) is 4. The van der Waals surface area contributed by atoms with Gasteiger partial charge < -0.3 is 15.4 Å². The van der Waals surface area contributed by atoms with Crippen molar-refractivity contribution in [1.29, 1.82) is 0 Å². The summed E-state index contributed by atoms with van der Waals surface area (Å²) in [6, 6.07) is 14.7. The molecule has 0 unspecified atom stereocenters. The Morgan fingerprint density at radius 3 is 2.38 bits per heavy atom. The number of benzene rings is 2. The summed E-state index contributed by atoms with van der Waals surface area (Å²) in [6.07, 6.45) is 0. The lowest BCUT2D eigenvalue weighted by Crippen LogP contribution is -2.36. The van der Waals surface area contributed by atoms with Crippen LogP contribution < -0.4 is 20.1 Å². The molecule has 0 radical (unpaired) electrons. The quantitative estimate of drug-likeness (QED) is 0.475. The molecule has 2 aromatic carbocycles. The van der Waals surface area contributed by atoms with Gasteiger partial charge in [0.25, 0.3) is 0 Å². The minimum absolute atomic E-state index is 0.232. The fourth-order valence-corrected chi connectivity index (χ4v) is 3.41. The third kappa shape index (κ3) is 7.07. The summed E-state index contributed by atoms with van der Waals surface area (Å²) >= 11 is 0. The third-order valence-corrected chi connectivity index (χ3v) is 5.41. The fourth-order valence-electron chi connectivity index (χ4n) is 2.61. The zero-order chi connectivity index (χ0) is 21.5. The zero-order valence-electron chi connectivity index (χ0n) is 17.6. The van der Waals surface area contributed by atoms with Gasteiger partial charge in [0.2, 0.25) is 10.0 Å². The highest BCUT2D eigenvalue weighted by Gasteiger charge is 2.15. The molecular weight excluding hydrogens is 388 g/mol. The van der Waals surface area contributed by atoms with E-state index in [-0.39, 0.29) is 10.5 Å². The molecule has 0 aromatic heterocycles. The van der Waals surface area contributed by atoms with Crippen molar-refractivity contribution >= 4 is 16.0 Å². The van der Waals surface area contributed by atoms with Crippen LogP contribution in [0.1, 0.15) is 31.9 Å². The highest BCUT2D eigenvalue weighted by molar-refractivity contribution is 7.89. The van der Waals surface area contributed by atoms with Gasteiger partial charge in [-0.2, -0.15) is 0 Å². The number of rotatable bonds is 7. The summed E-state index contributed by atoms with van der Waals surface area (Å²) in [5.74, 6) is 1.44. The molecular formula is C21H30N4O3S. The van der Waals surface area contributed by atoms with Gasteiger partial charge in [0, 0.05) is 25.7 Å². The lowest BCUT2D eigenvalue weighted by molar-refractivity contribution is 0.129. The predicted octanol–water partition coefficient (Wildman–Crippen LogP) is 2.64. The summed E-state index contributed by atoms with van der Waals surface area (Å²) in [7, 11) is -0.383. The van der Waals surface area contributed by atoms with Gasteiger partial charge in [0.1, 0.15) is 11.4 Å². The Labute approximate surface area is 173 Å². The average Bonchev–Trinajstić information content (AvgIpc) is 2.68. The van der Waals surface area contributed by atoms with Crippen LogP contribution in [0.25, 0.3) is 0 Å². The van der Waals surface area contributed by atoms with Crippen molar-refractivity contribution in [2.75, 3.05) is 14.1 Å². The second kappa shape index (κ2) is 9.76. The molecule has 158 valence electrons. The Morgan fingerprint density at radius 2 is 1.72 bits per heavy atom.